The molecular weight excluding hydrogens is 458 g/mol. The smallest absolute Gasteiger partial charge is 0.408 e. The number of carboxylic acid groups (broad SMARTS) is 1. The molecule has 0 radical (unpaired) electrons. The second-order valence-electron chi connectivity index (χ2n) is 10.9. The predicted octanol–water partition coefficient (Wildman–Crippen LogP) is 4.56. The Labute approximate surface area is 209 Å². The fourth-order valence-electron chi connectivity index (χ4n) is 4.97. The average Bonchev–Trinajstić information content (AvgIpc) is 3.46. The number of nitrogens with one attached hydrogen (secondary N) is 1. The Balaban J connectivity index is 1.47. The van der Waals surface area contributed by atoms with Crippen molar-refractivity contribution in [1.29, 1.82) is 0 Å². The number of aromatic nitrogens is 1. The van der Waals surface area contributed by atoms with Crippen molar-refractivity contribution in [2.45, 2.75) is 57.6 Å². The average molecular weight is 490 g/mol. The monoisotopic (exact) mass is 489 g/mol. The van der Waals surface area contributed by atoms with Gasteiger partial charge < -0.3 is 24.6 Å². The number of carbonyl (C=O) groups is 3. The zero-order valence-electron chi connectivity index (χ0n) is 21.1. The first-order chi connectivity index (χ1) is 17.0. The molecule has 2 aromatic carbocycles. The van der Waals surface area contributed by atoms with Crippen LogP contribution in [-0.2, 0) is 17.6 Å². The van der Waals surface area contributed by atoms with E-state index in [2.05, 4.69) is 5.32 Å². The largest absolute Gasteiger partial charge is 0.478 e. The normalized spacial score (nSPS) is 16.6. The highest BCUT2D eigenvalue weighted by Gasteiger charge is 2.45. The van der Waals surface area contributed by atoms with E-state index in [4.69, 9.17) is 4.74 Å². The summed E-state index contributed by atoms with van der Waals surface area (Å²) in [5.74, 6) is -1.07. The molecule has 3 aromatic rings. The Kier molecular flexibility index (Phi) is 5.58. The predicted molar refractivity (Wildman–Crippen MR) is 136 cm³/mol. The van der Waals surface area contributed by atoms with Crippen LogP contribution in [-0.4, -0.2) is 57.3 Å². The first-order valence-electron chi connectivity index (χ1n) is 12.2. The summed E-state index contributed by atoms with van der Waals surface area (Å²) in [6, 6.07) is 13.0. The molecule has 2 heterocycles. The number of benzene rings is 2. The zero-order chi connectivity index (χ0) is 25.8. The van der Waals surface area contributed by atoms with Crippen molar-refractivity contribution in [3.63, 3.8) is 0 Å². The summed E-state index contributed by atoms with van der Waals surface area (Å²) in [5.41, 5.74) is 3.57. The molecule has 1 fully saturated rings. The number of hydrogen-bond donors (Lipinski definition) is 2. The number of ether oxygens (including phenoxy) is 1. The molecule has 8 heteroatoms. The minimum Gasteiger partial charge on any atom is -0.478 e. The van der Waals surface area contributed by atoms with Crippen LogP contribution in [0.5, 0.6) is 0 Å². The molecule has 2 amide bonds. The van der Waals surface area contributed by atoms with Gasteiger partial charge in [-0.1, -0.05) is 12.1 Å². The van der Waals surface area contributed by atoms with Crippen molar-refractivity contribution in [1.82, 2.24) is 14.8 Å². The van der Waals surface area contributed by atoms with Gasteiger partial charge in [-0.3, -0.25) is 4.79 Å². The lowest BCUT2D eigenvalue weighted by Crippen LogP contribution is -2.41. The third-order valence-electron chi connectivity index (χ3n) is 6.92. The summed E-state index contributed by atoms with van der Waals surface area (Å²) in [6.45, 7) is 6.13. The van der Waals surface area contributed by atoms with Crippen LogP contribution in [0.15, 0.2) is 42.5 Å². The highest BCUT2D eigenvalue weighted by atomic mass is 16.6. The van der Waals surface area contributed by atoms with E-state index in [1.807, 2.05) is 49.6 Å². The quantitative estimate of drug-likeness (QED) is 0.547. The van der Waals surface area contributed by atoms with E-state index in [1.165, 1.54) is 0 Å². The maximum absolute atomic E-state index is 13.2. The molecule has 1 aliphatic heterocycles. The molecule has 2 aliphatic rings. The van der Waals surface area contributed by atoms with E-state index in [9.17, 15) is 19.5 Å². The van der Waals surface area contributed by atoms with Gasteiger partial charge >= 0.3 is 12.1 Å². The van der Waals surface area contributed by atoms with E-state index < -0.39 is 17.7 Å². The van der Waals surface area contributed by atoms with Crippen LogP contribution in [0.2, 0.25) is 0 Å². The van der Waals surface area contributed by atoms with Crippen LogP contribution in [0.25, 0.3) is 16.6 Å². The second kappa shape index (κ2) is 8.40. The van der Waals surface area contributed by atoms with Crippen LogP contribution in [0, 0.1) is 0 Å². The molecule has 8 nitrogen and oxygen atoms in total. The molecule has 188 valence electrons. The van der Waals surface area contributed by atoms with Crippen molar-refractivity contribution in [3.8, 4) is 5.69 Å². The van der Waals surface area contributed by atoms with Gasteiger partial charge in [0, 0.05) is 30.2 Å². The van der Waals surface area contributed by atoms with E-state index in [-0.39, 0.29) is 17.0 Å². The lowest BCUT2D eigenvalue weighted by Gasteiger charge is -2.24. The number of fused-ring (bicyclic) bond motifs is 3. The Morgan fingerprint density at radius 1 is 1.11 bits per heavy atom. The van der Waals surface area contributed by atoms with Gasteiger partial charge in [-0.05, 0) is 87.9 Å². The van der Waals surface area contributed by atoms with Gasteiger partial charge in [0.15, 0.2) is 0 Å². The number of nitrogens with zero attached hydrogens (tertiary/aromatic N) is 2. The number of hydrogen-bond acceptors (Lipinski definition) is 4. The first-order valence-corrected chi connectivity index (χ1v) is 12.2. The van der Waals surface area contributed by atoms with Crippen molar-refractivity contribution in [2.75, 3.05) is 13.6 Å². The van der Waals surface area contributed by atoms with Crippen LogP contribution in [0.1, 0.15) is 65.6 Å². The van der Waals surface area contributed by atoms with Gasteiger partial charge in [0.25, 0.3) is 5.91 Å². The van der Waals surface area contributed by atoms with Crippen molar-refractivity contribution in [2.24, 2.45) is 0 Å². The number of alkyl carbamates (subject to hydrolysis) is 1. The third-order valence-corrected chi connectivity index (χ3v) is 6.92. The molecule has 1 aliphatic carbocycles. The Morgan fingerprint density at radius 2 is 1.81 bits per heavy atom. The summed E-state index contributed by atoms with van der Waals surface area (Å²) in [7, 11) is 1.78. The Hall–Kier alpha value is -3.81. The van der Waals surface area contributed by atoms with Crippen molar-refractivity contribution < 1.29 is 24.2 Å². The minimum absolute atomic E-state index is 0.0769. The van der Waals surface area contributed by atoms with Gasteiger partial charge in [0.1, 0.15) is 11.3 Å². The number of carbonyl (C=O) groups excluding carboxylic acids is 2. The van der Waals surface area contributed by atoms with Crippen LogP contribution in [0.4, 0.5) is 4.79 Å². The highest BCUT2D eigenvalue weighted by molar-refractivity contribution is 6.05. The zero-order valence-corrected chi connectivity index (χ0v) is 21.1. The standard InChI is InChI=1S/C28H31N3O5/c1-27(2,3)36-26(35)29-28(12-13-28)16-17-5-8-19(9-6-17)31-22-10-7-18(25(33)34)15-21(22)20-11-14-30(4)24(32)23(20)31/h5-10,15H,11-14,16H2,1-4H3,(H,29,35)(H,33,34). The number of aromatic carboxylic acids is 1. The van der Waals surface area contributed by atoms with Crippen LogP contribution >= 0.6 is 0 Å². The first kappa shape index (κ1) is 23.9. The molecule has 0 unspecified atom stereocenters. The molecule has 5 rings (SSSR count). The number of rotatable bonds is 5. The highest BCUT2D eigenvalue weighted by Crippen LogP contribution is 2.39. The molecule has 0 saturated heterocycles. The van der Waals surface area contributed by atoms with E-state index in [0.29, 0.717) is 25.1 Å². The van der Waals surface area contributed by atoms with Gasteiger partial charge in [-0.2, -0.15) is 0 Å². The molecule has 2 N–H and O–H groups in total. The lowest BCUT2D eigenvalue weighted by molar-refractivity contribution is 0.0495. The molecule has 1 aromatic heterocycles. The molecule has 36 heavy (non-hydrogen) atoms. The summed E-state index contributed by atoms with van der Waals surface area (Å²) in [5, 5.41) is 13.3. The molecule has 0 bridgehead atoms. The summed E-state index contributed by atoms with van der Waals surface area (Å²) < 4.78 is 7.36. The summed E-state index contributed by atoms with van der Waals surface area (Å²) in [4.78, 5) is 38.8. The van der Waals surface area contributed by atoms with Crippen molar-refractivity contribution in [3.05, 3.63) is 64.8 Å². The molecule has 0 atom stereocenters. The third kappa shape index (κ3) is 4.43. The maximum atomic E-state index is 13.2. The van der Waals surface area contributed by atoms with E-state index in [1.54, 1.807) is 30.1 Å². The van der Waals surface area contributed by atoms with Crippen molar-refractivity contribution >= 4 is 28.9 Å². The summed E-state index contributed by atoms with van der Waals surface area (Å²) in [6.07, 6.45) is 2.76. The van der Waals surface area contributed by atoms with Crippen LogP contribution < -0.4 is 5.32 Å². The maximum Gasteiger partial charge on any atom is 0.408 e. The number of amides is 2. The Morgan fingerprint density at radius 3 is 2.42 bits per heavy atom. The number of carboxylic acids is 1. The van der Waals surface area contributed by atoms with E-state index in [0.717, 1.165) is 40.6 Å². The minimum atomic E-state index is -0.990. The molecular formula is C28H31N3O5. The lowest BCUT2D eigenvalue weighted by atomic mass is 10.0. The van der Waals surface area contributed by atoms with Gasteiger partial charge in [-0.25, -0.2) is 9.59 Å². The molecule has 1 saturated carbocycles. The SMILES string of the molecule is CN1CCc2c(n(-c3ccc(CC4(NC(=O)OC(C)(C)C)CC4)cc3)c3ccc(C(=O)O)cc23)C1=O. The van der Waals surface area contributed by atoms with E-state index >= 15 is 0 Å². The number of likely N-dealkylation sites (N-methyl/N-ethyl adjacent to an activating group) is 1. The Bertz CT molecular complexity index is 1380. The van der Waals surface area contributed by atoms with Gasteiger partial charge in [0.05, 0.1) is 11.1 Å². The second-order valence-corrected chi connectivity index (χ2v) is 10.9. The summed E-state index contributed by atoms with van der Waals surface area (Å²) >= 11 is 0. The fraction of sp³-hybridized carbons (Fsp3) is 0.393. The molecule has 0 spiro atoms. The van der Waals surface area contributed by atoms with Gasteiger partial charge in [0.2, 0.25) is 0 Å². The fourth-order valence-corrected chi connectivity index (χ4v) is 4.97. The van der Waals surface area contributed by atoms with Gasteiger partial charge in [-0.15, -0.1) is 0 Å². The topological polar surface area (TPSA) is 101 Å². The van der Waals surface area contributed by atoms with Crippen LogP contribution in [0.3, 0.4) is 0 Å².